The van der Waals surface area contributed by atoms with Crippen molar-refractivity contribution in [3.05, 3.63) is 48.0 Å². The molecule has 0 unspecified atom stereocenters. The average Bonchev–Trinajstić information content (AvgIpc) is 3.52. The SMILES string of the molecule is O=C(CCN1C(=O)[C@H]2CC=CC[C@@H]2C1=O)O[C@H](C(=O)NC1CC1)c1ccccc1. The maximum Gasteiger partial charge on any atom is 0.308 e. The van der Waals surface area contributed by atoms with Crippen molar-refractivity contribution in [2.45, 2.75) is 44.2 Å². The average molecular weight is 396 g/mol. The largest absolute Gasteiger partial charge is 0.447 e. The number of amides is 3. The van der Waals surface area contributed by atoms with E-state index in [1.165, 1.54) is 4.90 Å². The van der Waals surface area contributed by atoms with Crippen LogP contribution in [-0.4, -0.2) is 41.2 Å². The van der Waals surface area contributed by atoms with E-state index >= 15 is 0 Å². The zero-order chi connectivity index (χ0) is 20.4. The quantitative estimate of drug-likeness (QED) is 0.432. The Morgan fingerprint density at radius 3 is 2.24 bits per heavy atom. The minimum atomic E-state index is -1.04. The Balaban J connectivity index is 1.37. The number of hydrogen-bond donors (Lipinski definition) is 1. The highest BCUT2D eigenvalue weighted by Crippen LogP contribution is 2.35. The third kappa shape index (κ3) is 4.23. The number of fused-ring (bicyclic) bond motifs is 1. The summed E-state index contributed by atoms with van der Waals surface area (Å²) >= 11 is 0. The van der Waals surface area contributed by atoms with Gasteiger partial charge in [-0.2, -0.15) is 0 Å². The Morgan fingerprint density at radius 1 is 1.03 bits per heavy atom. The lowest BCUT2D eigenvalue weighted by atomic mass is 9.85. The highest BCUT2D eigenvalue weighted by Gasteiger charge is 2.47. The number of likely N-dealkylation sites (tertiary alicyclic amines) is 1. The molecule has 2 aliphatic carbocycles. The highest BCUT2D eigenvalue weighted by atomic mass is 16.5. The number of benzene rings is 1. The van der Waals surface area contributed by atoms with Gasteiger partial charge in [0.05, 0.1) is 18.3 Å². The third-order valence-electron chi connectivity index (χ3n) is 5.65. The number of imide groups is 1. The van der Waals surface area contributed by atoms with E-state index in [-0.39, 0.29) is 48.6 Å². The van der Waals surface area contributed by atoms with Gasteiger partial charge < -0.3 is 10.1 Å². The summed E-state index contributed by atoms with van der Waals surface area (Å²) in [4.78, 5) is 51.2. The molecule has 1 aromatic carbocycles. The number of esters is 1. The van der Waals surface area contributed by atoms with E-state index < -0.39 is 12.1 Å². The summed E-state index contributed by atoms with van der Waals surface area (Å²) in [6.07, 6.45) is 5.65. The zero-order valence-electron chi connectivity index (χ0n) is 16.1. The van der Waals surface area contributed by atoms with Crippen molar-refractivity contribution >= 4 is 23.7 Å². The van der Waals surface area contributed by atoms with Crippen molar-refractivity contribution in [2.24, 2.45) is 11.8 Å². The first-order chi connectivity index (χ1) is 14.0. The number of rotatable bonds is 7. The van der Waals surface area contributed by atoms with Crippen molar-refractivity contribution in [3.8, 4) is 0 Å². The molecular formula is C22H24N2O5. The molecule has 1 heterocycles. The molecule has 0 aromatic heterocycles. The van der Waals surface area contributed by atoms with Gasteiger partial charge in [-0.3, -0.25) is 24.1 Å². The molecule has 1 aromatic rings. The zero-order valence-corrected chi connectivity index (χ0v) is 16.1. The molecule has 7 nitrogen and oxygen atoms in total. The molecular weight excluding hydrogens is 372 g/mol. The van der Waals surface area contributed by atoms with E-state index in [4.69, 9.17) is 4.74 Å². The molecule has 0 radical (unpaired) electrons. The maximum atomic E-state index is 12.6. The fourth-order valence-electron chi connectivity index (χ4n) is 3.89. The van der Waals surface area contributed by atoms with Crippen LogP contribution in [0.5, 0.6) is 0 Å². The lowest BCUT2D eigenvalue weighted by Gasteiger charge is -2.19. The van der Waals surface area contributed by atoms with E-state index in [0.29, 0.717) is 18.4 Å². The van der Waals surface area contributed by atoms with Gasteiger partial charge in [0.15, 0.2) is 0 Å². The van der Waals surface area contributed by atoms with E-state index in [9.17, 15) is 19.2 Å². The standard InChI is InChI=1S/C22H24N2O5/c25-18(12-13-24-21(27)16-8-4-5-9-17(16)22(24)28)29-19(14-6-2-1-3-7-14)20(26)23-15-10-11-15/h1-7,15-17,19H,8-13H2,(H,23,26)/t16-,17-,19-/m0/s1. The van der Waals surface area contributed by atoms with Gasteiger partial charge in [0, 0.05) is 18.2 Å². The first kappa shape index (κ1) is 19.4. The monoisotopic (exact) mass is 396 g/mol. The predicted molar refractivity (Wildman–Crippen MR) is 103 cm³/mol. The van der Waals surface area contributed by atoms with Crippen molar-refractivity contribution in [1.82, 2.24) is 10.2 Å². The van der Waals surface area contributed by atoms with Crippen molar-refractivity contribution in [3.63, 3.8) is 0 Å². The topological polar surface area (TPSA) is 92.8 Å². The molecule has 3 aliphatic rings. The highest BCUT2D eigenvalue weighted by molar-refractivity contribution is 6.05. The van der Waals surface area contributed by atoms with Gasteiger partial charge >= 0.3 is 5.97 Å². The van der Waals surface area contributed by atoms with Gasteiger partial charge in [-0.15, -0.1) is 0 Å². The molecule has 1 N–H and O–H groups in total. The van der Waals surface area contributed by atoms with E-state index in [2.05, 4.69) is 5.32 Å². The van der Waals surface area contributed by atoms with Crippen LogP contribution < -0.4 is 5.32 Å². The summed E-state index contributed by atoms with van der Waals surface area (Å²) < 4.78 is 5.46. The molecule has 29 heavy (non-hydrogen) atoms. The van der Waals surface area contributed by atoms with Crippen LogP contribution in [0, 0.1) is 11.8 Å². The normalized spacial score (nSPS) is 24.2. The number of ether oxygens (including phenoxy) is 1. The lowest BCUT2D eigenvalue weighted by molar-refractivity contribution is -0.157. The second kappa shape index (κ2) is 8.19. The predicted octanol–water partition coefficient (Wildman–Crippen LogP) is 1.89. The summed E-state index contributed by atoms with van der Waals surface area (Å²) in [5.74, 6) is -2.03. The summed E-state index contributed by atoms with van der Waals surface area (Å²) in [6, 6.07) is 8.98. The summed E-state index contributed by atoms with van der Waals surface area (Å²) in [5.41, 5.74) is 0.587. The Hall–Kier alpha value is -2.96. The molecule has 2 fully saturated rings. The van der Waals surface area contributed by atoms with Crippen molar-refractivity contribution in [1.29, 1.82) is 0 Å². The minimum absolute atomic E-state index is 0.0186. The van der Waals surface area contributed by atoms with E-state index in [0.717, 1.165) is 12.8 Å². The van der Waals surface area contributed by atoms with Crippen LogP contribution in [0.3, 0.4) is 0 Å². The van der Waals surface area contributed by atoms with Crippen LogP contribution in [0.4, 0.5) is 0 Å². The fraction of sp³-hybridized carbons (Fsp3) is 0.455. The molecule has 4 rings (SSSR count). The molecule has 1 aliphatic heterocycles. The number of carbonyl (C=O) groups excluding carboxylic acids is 4. The number of allylic oxidation sites excluding steroid dienone is 2. The van der Waals surface area contributed by atoms with E-state index in [1.807, 2.05) is 18.2 Å². The Morgan fingerprint density at radius 2 is 1.66 bits per heavy atom. The molecule has 0 spiro atoms. The third-order valence-corrected chi connectivity index (χ3v) is 5.65. The van der Waals surface area contributed by atoms with Crippen molar-refractivity contribution < 1.29 is 23.9 Å². The summed E-state index contributed by atoms with van der Waals surface area (Å²) in [6.45, 7) is -0.0186. The van der Waals surface area contributed by atoms with Crippen LogP contribution in [0.25, 0.3) is 0 Å². The van der Waals surface area contributed by atoms with E-state index in [1.54, 1.807) is 24.3 Å². The summed E-state index contributed by atoms with van der Waals surface area (Å²) in [7, 11) is 0. The van der Waals surface area contributed by atoms with Gasteiger partial charge in [0.1, 0.15) is 0 Å². The Bertz CT molecular complexity index is 820. The molecule has 7 heteroatoms. The van der Waals surface area contributed by atoms with Gasteiger partial charge in [-0.25, -0.2) is 0 Å². The Kier molecular flexibility index (Phi) is 5.47. The summed E-state index contributed by atoms with van der Waals surface area (Å²) in [5, 5.41) is 2.86. The van der Waals surface area contributed by atoms with Crippen LogP contribution in [-0.2, 0) is 23.9 Å². The second-order valence-electron chi connectivity index (χ2n) is 7.80. The number of nitrogens with zero attached hydrogens (tertiary/aromatic N) is 1. The molecule has 1 saturated carbocycles. The van der Waals surface area contributed by atoms with Crippen LogP contribution >= 0.6 is 0 Å². The van der Waals surface area contributed by atoms with Crippen LogP contribution in [0.15, 0.2) is 42.5 Å². The lowest BCUT2D eigenvalue weighted by Crippen LogP contribution is -2.35. The molecule has 0 bridgehead atoms. The van der Waals surface area contributed by atoms with Gasteiger partial charge in [0.2, 0.25) is 17.9 Å². The smallest absolute Gasteiger partial charge is 0.308 e. The van der Waals surface area contributed by atoms with Crippen LogP contribution in [0.1, 0.15) is 43.8 Å². The second-order valence-corrected chi connectivity index (χ2v) is 7.80. The molecule has 3 amide bonds. The Labute approximate surface area is 169 Å². The van der Waals surface area contributed by atoms with Gasteiger partial charge in [0.25, 0.3) is 5.91 Å². The number of nitrogens with one attached hydrogen (secondary N) is 1. The van der Waals surface area contributed by atoms with Gasteiger partial charge in [-0.05, 0) is 25.7 Å². The number of carbonyl (C=O) groups is 4. The van der Waals surface area contributed by atoms with Gasteiger partial charge in [-0.1, -0.05) is 42.5 Å². The first-order valence-corrected chi connectivity index (χ1v) is 10.1. The molecule has 3 atom stereocenters. The molecule has 1 saturated heterocycles. The maximum absolute atomic E-state index is 12.6. The minimum Gasteiger partial charge on any atom is -0.447 e. The van der Waals surface area contributed by atoms with Crippen LogP contribution in [0.2, 0.25) is 0 Å². The molecule has 152 valence electrons. The number of hydrogen-bond acceptors (Lipinski definition) is 5. The first-order valence-electron chi connectivity index (χ1n) is 10.1. The fourth-order valence-corrected chi connectivity index (χ4v) is 3.89. The van der Waals surface area contributed by atoms with Crippen molar-refractivity contribution in [2.75, 3.05) is 6.54 Å².